The second kappa shape index (κ2) is 8.09. The molecule has 1 radical (unpaired) electrons. The molecule has 0 saturated carbocycles. The van der Waals surface area contributed by atoms with Crippen LogP contribution in [0.3, 0.4) is 0 Å². The summed E-state index contributed by atoms with van der Waals surface area (Å²) < 4.78 is 0. The lowest BCUT2D eigenvalue weighted by Crippen LogP contribution is -2.14. The van der Waals surface area contributed by atoms with Gasteiger partial charge in [0.15, 0.2) is 0 Å². The Morgan fingerprint density at radius 1 is 1.15 bits per heavy atom. The van der Waals surface area contributed by atoms with Crippen LogP contribution >= 0.6 is 0 Å². The Kier molecular flexibility index (Phi) is 7.76. The zero-order valence-corrected chi connectivity index (χ0v) is 9.10. The maximum absolute atomic E-state index is 9.85. The average Bonchev–Trinajstić information content (AvgIpc) is 2.04. The van der Waals surface area contributed by atoms with Crippen molar-refractivity contribution in [2.24, 2.45) is 11.8 Å². The van der Waals surface area contributed by atoms with Crippen molar-refractivity contribution in [3.63, 3.8) is 0 Å². The number of hydrogen-bond acceptors (Lipinski definition) is 1. The van der Waals surface area contributed by atoms with Crippen molar-refractivity contribution in [1.29, 1.82) is 0 Å². The highest BCUT2D eigenvalue weighted by Crippen LogP contribution is 2.14. The molecular weight excluding hydrogens is 162 g/mol. The van der Waals surface area contributed by atoms with Crippen LogP contribution in [-0.4, -0.2) is 13.0 Å². The first-order chi connectivity index (χ1) is 6.16. The topological polar surface area (TPSA) is 29.1 Å². The summed E-state index contributed by atoms with van der Waals surface area (Å²) in [6.07, 6.45) is 6.68. The molecule has 2 heteroatoms. The summed E-state index contributed by atoms with van der Waals surface area (Å²) in [6, 6.07) is 0. The van der Waals surface area contributed by atoms with E-state index >= 15 is 0 Å². The van der Waals surface area contributed by atoms with Gasteiger partial charge in [-0.05, 0) is 18.3 Å². The molecule has 0 aliphatic heterocycles. The second-order valence-corrected chi connectivity index (χ2v) is 4.25. The minimum atomic E-state index is 0.722. The van der Waals surface area contributed by atoms with Crippen LogP contribution < -0.4 is 5.32 Å². The van der Waals surface area contributed by atoms with Crippen molar-refractivity contribution in [3.8, 4) is 0 Å². The maximum Gasteiger partial charge on any atom is 0.309 e. The lowest BCUT2D eigenvalue weighted by atomic mass is 9.97. The Bertz CT molecular complexity index is 123. The van der Waals surface area contributed by atoms with Crippen molar-refractivity contribution in [1.82, 2.24) is 5.32 Å². The normalized spacial score (nSPS) is 12.9. The van der Waals surface area contributed by atoms with Gasteiger partial charge in [-0.3, -0.25) is 4.79 Å². The van der Waals surface area contributed by atoms with Crippen LogP contribution in [0.1, 0.15) is 46.5 Å². The van der Waals surface area contributed by atoms with E-state index < -0.39 is 0 Å². The number of carbonyl (C=O) groups excluding carboxylic acids is 1. The fourth-order valence-electron chi connectivity index (χ4n) is 1.39. The van der Waals surface area contributed by atoms with E-state index in [4.69, 9.17) is 0 Å². The summed E-state index contributed by atoms with van der Waals surface area (Å²) in [7, 11) is 0. The molecular formula is C11H22NO. The van der Waals surface area contributed by atoms with E-state index in [2.05, 4.69) is 26.1 Å². The Balaban J connectivity index is 3.19. The predicted molar refractivity (Wildman–Crippen MR) is 56.2 cm³/mol. The van der Waals surface area contributed by atoms with Gasteiger partial charge in [-0.15, -0.1) is 0 Å². The summed E-state index contributed by atoms with van der Waals surface area (Å²) in [5.74, 6) is 1.54. The van der Waals surface area contributed by atoms with Gasteiger partial charge in [-0.2, -0.15) is 0 Å². The monoisotopic (exact) mass is 184 g/mol. The quantitative estimate of drug-likeness (QED) is 0.456. The van der Waals surface area contributed by atoms with Crippen molar-refractivity contribution in [2.75, 3.05) is 6.54 Å². The third-order valence-electron chi connectivity index (χ3n) is 2.31. The predicted octanol–water partition coefficient (Wildman–Crippen LogP) is 2.50. The standard InChI is InChI=1S/C11H22NO/c1-10(2)5-4-6-11(3)7-8-12-9-13/h10-11H,4-8H2,1-3H3,(H,12,13). The minimum Gasteiger partial charge on any atom is -0.348 e. The summed E-state index contributed by atoms with van der Waals surface area (Å²) in [6.45, 7) is 7.53. The molecule has 2 nitrogen and oxygen atoms in total. The number of rotatable bonds is 8. The molecule has 0 rings (SSSR count). The second-order valence-electron chi connectivity index (χ2n) is 4.25. The van der Waals surface area contributed by atoms with Crippen LogP contribution in [-0.2, 0) is 4.79 Å². The first kappa shape index (κ1) is 12.5. The Labute approximate surface area is 82.1 Å². The molecule has 0 aliphatic rings. The number of nitrogens with one attached hydrogen (secondary N) is 1. The van der Waals surface area contributed by atoms with Crippen LogP contribution in [0.25, 0.3) is 0 Å². The molecule has 0 bridgehead atoms. The molecule has 0 saturated heterocycles. The average molecular weight is 184 g/mol. The SMILES string of the molecule is CC(C)CCCC(C)CCN[C]=O. The largest absolute Gasteiger partial charge is 0.348 e. The molecule has 0 fully saturated rings. The lowest BCUT2D eigenvalue weighted by molar-refractivity contribution is 0.433. The van der Waals surface area contributed by atoms with E-state index in [-0.39, 0.29) is 0 Å². The molecule has 0 aromatic heterocycles. The molecule has 1 atom stereocenters. The van der Waals surface area contributed by atoms with Crippen molar-refractivity contribution in [2.45, 2.75) is 46.5 Å². The molecule has 0 aliphatic carbocycles. The van der Waals surface area contributed by atoms with Gasteiger partial charge in [0.25, 0.3) is 0 Å². The number of amides is 1. The summed E-state index contributed by atoms with van der Waals surface area (Å²) in [5.41, 5.74) is 0. The Morgan fingerprint density at radius 2 is 1.85 bits per heavy atom. The highest BCUT2D eigenvalue weighted by atomic mass is 16.1. The fourth-order valence-corrected chi connectivity index (χ4v) is 1.39. The van der Waals surface area contributed by atoms with Gasteiger partial charge in [0.1, 0.15) is 0 Å². The lowest BCUT2D eigenvalue weighted by Gasteiger charge is -2.11. The summed E-state index contributed by atoms with van der Waals surface area (Å²) in [5, 5.41) is 2.57. The molecule has 77 valence electrons. The smallest absolute Gasteiger partial charge is 0.309 e. The summed E-state index contributed by atoms with van der Waals surface area (Å²) in [4.78, 5) is 9.85. The van der Waals surface area contributed by atoms with E-state index in [1.54, 1.807) is 6.41 Å². The Hall–Kier alpha value is -0.530. The summed E-state index contributed by atoms with van der Waals surface area (Å²) >= 11 is 0. The van der Waals surface area contributed by atoms with Gasteiger partial charge < -0.3 is 5.32 Å². The fraction of sp³-hybridized carbons (Fsp3) is 0.909. The molecule has 0 spiro atoms. The zero-order valence-electron chi connectivity index (χ0n) is 9.10. The van der Waals surface area contributed by atoms with Gasteiger partial charge in [0.2, 0.25) is 0 Å². The highest BCUT2D eigenvalue weighted by molar-refractivity contribution is 5.46. The van der Waals surface area contributed by atoms with E-state index in [1.807, 2.05) is 0 Å². The minimum absolute atomic E-state index is 0.722. The zero-order chi connectivity index (χ0) is 10.1. The van der Waals surface area contributed by atoms with Crippen LogP contribution in [0.5, 0.6) is 0 Å². The third kappa shape index (κ3) is 9.38. The molecule has 0 aromatic carbocycles. The molecule has 1 amide bonds. The maximum atomic E-state index is 9.85. The Morgan fingerprint density at radius 3 is 2.38 bits per heavy atom. The van der Waals surface area contributed by atoms with Crippen molar-refractivity contribution < 1.29 is 4.79 Å². The third-order valence-corrected chi connectivity index (χ3v) is 2.31. The van der Waals surface area contributed by atoms with Crippen LogP contribution in [0.2, 0.25) is 0 Å². The van der Waals surface area contributed by atoms with Crippen molar-refractivity contribution >= 4 is 6.41 Å². The molecule has 1 unspecified atom stereocenters. The van der Waals surface area contributed by atoms with Gasteiger partial charge >= 0.3 is 6.41 Å². The van der Waals surface area contributed by atoms with E-state index in [0.717, 1.165) is 24.8 Å². The van der Waals surface area contributed by atoms with Crippen LogP contribution in [0, 0.1) is 11.8 Å². The van der Waals surface area contributed by atoms with E-state index in [1.165, 1.54) is 19.3 Å². The van der Waals surface area contributed by atoms with E-state index in [0.29, 0.717) is 0 Å². The van der Waals surface area contributed by atoms with Crippen molar-refractivity contribution in [3.05, 3.63) is 0 Å². The highest BCUT2D eigenvalue weighted by Gasteiger charge is 2.02. The molecule has 0 aromatic rings. The van der Waals surface area contributed by atoms with Crippen LogP contribution in [0.4, 0.5) is 0 Å². The molecule has 1 N–H and O–H groups in total. The number of hydrogen-bond donors (Lipinski definition) is 1. The molecule has 0 heterocycles. The van der Waals surface area contributed by atoms with Gasteiger partial charge in [0, 0.05) is 6.54 Å². The molecule has 13 heavy (non-hydrogen) atoms. The van der Waals surface area contributed by atoms with Gasteiger partial charge in [-0.1, -0.05) is 40.0 Å². The van der Waals surface area contributed by atoms with E-state index in [9.17, 15) is 4.79 Å². The first-order valence-corrected chi connectivity index (χ1v) is 5.26. The van der Waals surface area contributed by atoms with Gasteiger partial charge in [0.05, 0.1) is 0 Å². The van der Waals surface area contributed by atoms with Gasteiger partial charge in [-0.25, -0.2) is 0 Å². The van der Waals surface area contributed by atoms with Crippen LogP contribution in [0.15, 0.2) is 0 Å². The first-order valence-electron chi connectivity index (χ1n) is 5.26.